The molecular formula is C19H14N2O2S2. The topological polar surface area (TPSA) is 51.2 Å². The van der Waals surface area contributed by atoms with Gasteiger partial charge in [-0.1, -0.05) is 24.3 Å². The molecular weight excluding hydrogens is 352 g/mol. The van der Waals surface area contributed by atoms with Gasteiger partial charge in [-0.2, -0.15) is 0 Å². The molecule has 0 spiro atoms. The van der Waals surface area contributed by atoms with E-state index in [0.717, 1.165) is 25.9 Å². The van der Waals surface area contributed by atoms with E-state index in [9.17, 15) is 4.79 Å². The number of carbonyl (C=O) groups excluding carboxylic acids is 1. The maximum Gasteiger partial charge on any atom is 0.261 e. The first kappa shape index (κ1) is 15.8. The third kappa shape index (κ3) is 3.70. The number of hydrogen-bond acceptors (Lipinski definition) is 5. The van der Waals surface area contributed by atoms with E-state index in [0.29, 0.717) is 11.4 Å². The number of fused-ring (bicyclic) bond motifs is 1. The average Bonchev–Trinajstić information content (AvgIpc) is 3.27. The molecule has 0 atom stereocenters. The maximum atomic E-state index is 12.3. The summed E-state index contributed by atoms with van der Waals surface area (Å²) in [7, 11) is 0. The monoisotopic (exact) mass is 366 g/mol. The van der Waals surface area contributed by atoms with Crippen molar-refractivity contribution in [3.05, 3.63) is 76.6 Å². The highest BCUT2D eigenvalue weighted by Crippen LogP contribution is 2.29. The van der Waals surface area contributed by atoms with Crippen LogP contribution in [0.5, 0.6) is 10.8 Å². The Kier molecular flexibility index (Phi) is 4.45. The Bertz CT molecular complexity index is 975. The van der Waals surface area contributed by atoms with Crippen molar-refractivity contribution in [3.8, 4) is 10.8 Å². The number of carbonyl (C=O) groups is 1. The van der Waals surface area contributed by atoms with Crippen LogP contribution in [-0.4, -0.2) is 10.9 Å². The van der Waals surface area contributed by atoms with Crippen LogP contribution >= 0.6 is 22.7 Å². The summed E-state index contributed by atoms with van der Waals surface area (Å²) < 4.78 is 5.79. The van der Waals surface area contributed by atoms with Gasteiger partial charge in [-0.25, -0.2) is 4.98 Å². The molecule has 0 saturated heterocycles. The minimum atomic E-state index is -0.0815. The van der Waals surface area contributed by atoms with E-state index in [4.69, 9.17) is 4.74 Å². The maximum absolute atomic E-state index is 12.3. The number of nitrogens with zero attached hydrogens (tertiary/aromatic N) is 1. The Hall–Kier alpha value is -2.70. The van der Waals surface area contributed by atoms with Gasteiger partial charge in [-0.05, 0) is 36.4 Å². The van der Waals surface area contributed by atoms with Gasteiger partial charge in [-0.15, -0.1) is 22.7 Å². The second-order valence-corrected chi connectivity index (χ2v) is 7.49. The number of thiophene rings is 2. The van der Waals surface area contributed by atoms with Gasteiger partial charge in [-0.3, -0.25) is 4.79 Å². The molecule has 0 bridgehead atoms. The fourth-order valence-corrected chi connectivity index (χ4v) is 4.08. The van der Waals surface area contributed by atoms with Gasteiger partial charge in [0.05, 0.1) is 11.4 Å². The van der Waals surface area contributed by atoms with E-state index < -0.39 is 0 Å². The average molecular weight is 366 g/mol. The summed E-state index contributed by atoms with van der Waals surface area (Å²) in [5.41, 5.74) is 0. The van der Waals surface area contributed by atoms with Crippen LogP contribution in [0.15, 0.2) is 66.9 Å². The SMILES string of the molecule is O=C(NCc1ccc(Oc2ccccc2)s1)c1cc2cccnc2s1. The van der Waals surface area contributed by atoms with Gasteiger partial charge in [0.2, 0.25) is 0 Å². The third-order valence-corrected chi connectivity index (χ3v) is 5.56. The third-order valence-electron chi connectivity index (χ3n) is 3.54. The summed E-state index contributed by atoms with van der Waals surface area (Å²) in [6.45, 7) is 0.476. The van der Waals surface area contributed by atoms with E-state index in [-0.39, 0.29) is 5.91 Å². The second-order valence-electron chi connectivity index (χ2n) is 5.33. The van der Waals surface area contributed by atoms with E-state index in [1.807, 2.05) is 60.7 Å². The molecule has 0 fully saturated rings. The van der Waals surface area contributed by atoms with Crippen molar-refractivity contribution in [2.24, 2.45) is 0 Å². The quantitative estimate of drug-likeness (QED) is 0.536. The Balaban J connectivity index is 1.39. The van der Waals surface area contributed by atoms with Gasteiger partial charge >= 0.3 is 0 Å². The van der Waals surface area contributed by atoms with Crippen LogP contribution in [0.1, 0.15) is 14.5 Å². The van der Waals surface area contributed by atoms with Crippen LogP contribution in [0.3, 0.4) is 0 Å². The number of aromatic nitrogens is 1. The molecule has 25 heavy (non-hydrogen) atoms. The highest BCUT2D eigenvalue weighted by Gasteiger charge is 2.11. The van der Waals surface area contributed by atoms with Gasteiger partial charge in [0.25, 0.3) is 5.91 Å². The molecule has 0 radical (unpaired) electrons. The first-order valence-electron chi connectivity index (χ1n) is 7.72. The first-order valence-corrected chi connectivity index (χ1v) is 9.35. The molecule has 4 aromatic rings. The number of nitrogens with one attached hydrogen (secondary N) is 1. The Morgan fingerprint density at radius 2 is 1.92 bits per heavy atom. The van der Waals surface area contributed by atoms with Gasteiger partial charge in [0, 0.05) is 16.5 Å². The number of hydrogen-bond donors (Lipinski definition) is 1. The molecule has 6 heteroatoms. The summed E-state index contributed by atoms with van der Waals surface area (Å²) in [6, 6.07) is 19.2. The number of pyridine rings is 1. The standard InChI is InChI=1S/C19H14N2O2S2/c22-18(16-11-13-5-4-10-20-19(13)25-16)21-12-15-8-9-17(24-15)23-14-6-2-1-3-7-14/h1-11H,12H2,(H,21,22). The zero-order chi connectivity index (χ0) is 17.1. The number of amides is 1. The van der Waals surface area contributed by atoms with E-state index in [2.05, 4.69) is 10.3 Å². The largest absolute Gasteiger partial charge is 0.447 e. The van der Waals surface area contributed by atoms with Crippen molar-refractivity contribution in [3.63, 3.8) is 0 Å². The fourth-order valence-electron chi connectivity index (χ4n) is 2.35. The number of benzene rings is 1. The summed E-state index contributed by atoms with van der Waals surface area (Å²) in [5.74, 6) is 0.722. The summed E-state index contributed by atoms with van der Waals surface area (Å²) in [4.78, 5) is 19.2. The Labute approximate surface area is 152 Å². The molecule has 3 aromatic heterocycles. The molecule has 3 heterocycles. The lowest BCUT2D eigenvalue weighted by Crippen LogP contribution is -2.21. The summed E-state index contributed by atoms with van der Waals surface area (Å²) >= 11 is 2.93. The Morgan fingerprint density at radius 1 is 1.04 bits per heavy atom. The molecule has 4 nitrogen and oxygen atoms in total. The number of para-hydroxylation sites is 1. The van der Waals surface area contributed by atoms with Crippen molar-refractivity contribution < 1.29 is 9.53 Å². The molecule has 4 rings (SSSR count). The molecule has 0 aliphatic carbocycles. The lowest BCUT2D eigenvalue weighted by Gasteiger charge is -2.02. The van der Waals surface area contributed by atoms with Crippen LogP contribution in [-0.2, 0) is 6.54 Å². The zero-order valence-corrected chi connectivity index (χ0v) is 14.8. The molecule has 0 aliphatic rings. The smallest absolute Gasteiger partial charge is 0.261 e. The molecule has 0 aliphatic heterocycles. The molecule has 1 amide bonds. The van der Waals surface area contributed by atoms with Crippen molar-refractivity contribution in [2.45, 2.75) is 6.54 Å². The lowest BCUT2D eigenvalue weighted by molar-refractivity contribution is 0.0955. The van der Waals surface area contributed by atoms with Crippen molar-refractivity contribution >= 4 is 38.8 Å². The van der Waals surface area contributed by atoms with Gasteiger partial charge < -0.3 is 10.1 Å². The van der Waals surface area contributed by atoms with Gasteiger partial charge in [0.1, 0.15) is 10.6 Å². The van der Waals surface area contributed by atoms with E-state index in [1.165, 1.54) is 22.7 Å². The molecule has 1 N–H and O–H groups in total. The first-order chi connectivity index (χ1) is 12.3. The normalized spacial score (nSPS) is 10.7. The predicted molar refractivity (Wildman–Crippen MR) is 102 cm³/mol. The Morgan fingerprint density at radius 3 is 2.76 bits per heavy atom. The minimum absolute atomic E-state index is 0.0815. The van der Waals surface area contributed by atoms with Crippen molar-refractivity contribution in [2.75, 3.05) is 0 Å². The van der Waals surface area contributed by atoms with Gasteiger partial charge in [0.15, 0.2) is 5.06 Å². The van der Waals surface area contributed by atoms with Crippen LogP contribution in [0.25, 0.3) is 10.2 Å². The van der Waals surface area contributed by atoms with E-state index >= 15 is 0 Å². The molecule has 1 aromatic carbocycles. The van der Waals surface area contributed by atoms with Crippen LogP contribution in [0.2, 0.25) is 0 Å². The minimum Gasteiger partial charge on any atom is -0.447 e. The fraction of sp³-hybridized carbons (Fsp3) is 0.0526. The lowest BCUT2D eigenvalue weighted by atomic mass is 10.3. The molecule has 0 unspecified atom stereocenters. The zero-order valence-electron chi connectivity index (χ0n) is 13.1. The van der Waals surface area contributed by atoms with Crippen LogP contribution in [0, 0.1) is 0 Å². The highest BCUT2D eigenvalue weighted by atomic mass is 32.1. The molecule has 0 saturated carbocycles. The van der Waals surface area contributed by atoms with Crippen molar-refractivity contribution in [1.82, 2.24) is 10.3 Å². The van der Waals surface area contributed by atoms with Crippen molar-refractivity contribution in [1.29, 1.82) is 0 Å². The van der Waals surface area contributed by atoms with Crippen LogP contribution < -0.4 is 10.1 Å². The summed E-state index contributed by atoms with van der Waals surface area (Å²) in [5, 5.41) is 4.75. The molecule has 124 valence electrons. The highest BCUT2D eigenvalue weighted by molar-refractivity contribution is 7.20. The summed E-state index contributed by atoms with van der Waals surface area (Å²) in [6.07, 6.45) is 1.74. The predicted octanol–water partition coefficient (Wildman–Crippen LogP) is 5.08. The van der Waals surface area contributed by atoms with Crippen LogP contribution in [0.4, 0.5) is 0 Å². The number of rotatable bonds is 5. The second kappa shape index (κ2) is 7.04. The number of ether oxygens (including phenoxy) is 1. The van der Waals surface area contributed by atoms with E-state index in [1.54, 1.807) is 6.20 Å².